The SMILES string of the molecule is O=C(/C=C/c1ccc(-c2ccccc2F)o1)N1CCC(O)(CO)C1. The molecular weight excluding hydrogens is 313 g/mol. The minimum absolute atomic E-state index is 0.102. The number of β-amino-alcohol motifs (C(OH)–C–C–N with tert-alkyl or cyclic N) is 1. The van der Waals surface area contributed by atoms with Crippen LogP contribution in [0.2, 0.25) is 0 Å². The highest BCUT2D eigenvalue weighted by molar-refractivity contribution is 5.91. The first-order valence-electron chi connectivity index (χ1n) is 7.66. The number of carbonyl (C=O) groups excluding carboxylic acids is 1. The number of benzene rings is 1. The Hall–Kier alpha value is -2.44. The number of carbonyl (C=O) groups is 1. The molecule has 2 N–H and O–H groups in total. The minimum atomic E-state index is -1.22. The van der Waals surface area contributed by atoms with Crippen LogP contribution in [0.15, 0.2) is 46.9 Å². The van der Waals surface area contributed by atoms with Crippen molar-refractivity contribution < 1.29 is 23.8 Å². The van der Waals surface area contributed by atoms with Gasteiger partial charge in [0.1, 0.15) is 22.9 Å². The van der Waals surface area contributed by atoms with Gasteiger partial charge in [-0.15, -0.1) is 0 Å². The number of aliphatic hydroxyl groups is 2. The maximum atomic E-state index is 13.7. The van der Waals surface area contributed by atoms with Gasteiger partial charge in [0.25, 0.3) is 0 Å². The van der Waals surface area contributed by atoms with Crippen LogP contribution in [-0.4, -0.2) is 46.3 Å². The Bertz CT molecular complexity index is 770. The summed E-state index contributed by atoms with van der Waals surface area (Å²) in [7, 11) is 0. The normalized spacial score (nSPS) is 20.9. The van der Waals surface area contributed by atoms with E-state index in [4.69, 9.17) is 9.52 Å². The maximum absolute atomic E-state index is 13.7. The Balaban J connectivity index is 1.68. The smallest absolute Gasteiger partial charge is 0.246 e. The van der Waals surface area contributed by atoms with Crippen LogP contribution < -0.4 is 0 Å². The lowest BCUT2D eigenvalue weighted by molar-refractivity contribution is -0.126. The summed E-state index contributed by atoms with van der Waals surface area (Å²) in [6, 6.07) is 9.59. The Kier molecular flexibility index (Phi) is 4.51. The molecule has 24 heavy (non-hydrogen) atoms. The van der Waals surface area contributed by atoms with Crippen molar-refractivity contribution in [2.75, 3.05) is 19.7 Å². The molecule has 2 heterocycles. The number of amides is 1. The number of halogens is 1. The van der Waals surface area contributed by atoms with Crippen LogP contribution in [0.3, 0.4) is 0 Å². The third kappa shape index (κ3) is 3.39. The van der Waals surface area contributed by atoms with Gasteiger partial charge in [0.05, 0.1) is 18.7 Å². The van der Waals surface area contributed by atoms with Gasteiger partial charge in [0.2, 0.25) is 5.91 Å². The van der Waals surface area contributed by atoms with E-state index in [0.29, 0.717) is 30.0 Å². The molecule has 1 unspecified atom stereocenters. The van der Waals surface area contributed by atoms with Gasteiger partial charge in [0, 0.05) is 12.6 Å². The molecule has 6 heteroatoms. The molecule has 1 aromatic carbocycles. The molecule has 1 saturated heterocycles. The molecule has 0 bridgehead atoms. The molecular formula is C18H18FNO4. The third-order valence-corrected chi connectivity index (χ3v) is 4.09. The Labute approximate surface area is 138 Å². The van der Waals surface area contributed by atoms with Crippen LogP contribution in [0.1, 0.15) is 12.2 Å². The van der Waals surface area contributed by atoms with Crippen molar-refractivity contribution in [2.45, 2.75) is 12.0 Å². The Morgan fingerprint density at radius 3 is 2.83 bits per heavy atom. The molecule has 3 rings (SSSR count). The summed E-state index contributed by atoms with van der Waals surface area (Å²) in [5.74, 6) is 0.163. The zero-order valence-corrected chi connectivity index (χ0v) is 13.0. The van der Waals surface area contributed by atoms with E-state index < -0.39 is 5.60 Å². The standard InChI is InChI=1S/C18H18FNO4/c19-15-4-2-1-3-14(15)16-7-5-13(24-16)6-8-17(22)20-10-9-18(23,11-20)12-21/h1-8,21,23H,9-12H2/b8-6+. The van der Waals surface area contributed by atoms with E-state index >= 15 is 0 Å². The molecule has 0 saturated carbocycles. The van der Waals surface area contributed by atoms with E-state index in [1.807, 2.05) is 0 Å². The molecule has 0 radical (unpaired) electrons. The van der Waals surface area contributed by atoms with Gasteiger partial charge >= 0.3 is 0 Å². The Morgan fingerprint density at radius 1 is 1.33 bits per heavy atom. The predicted octanol–water partition coefficient (Wildman–Crippen LogP) is 2.05. The highest BCUT2D eigenvalue weighted by atomic mass is 19.1. The Morgan fingerprint density at radius 2 is 2.12 bits per heavy atom. The van der Waals surface area contributed by atoms with Gasteiger partial charge < -0.3 is 19.5 Å². The lowest BCUT2D eigenvalue weighted by Gasteiger charge is -2.19. The molecule has 1 atom stereocenters. The molecule has 1 amide bonds. The zero-order chi connectivity index (χ0) is 17.2. The number of furan rings is 1. The number of hydrogen-bond donors (Lipinski definition) is 2. The van der Waals surface area contributed by atoms with Gasteiger partial charge in [-0.25, -0.2) is 4.39 Å². The molecule has 2 aromatic rings. The molecule has 1 aliphatic heterocycles. The second-order valence-corrected chi connectivity index (χ2v) is 5.91. The zero-order valence-electron chi connectivity index (χ0n) is 13.0. The number of rotatable bonds is 4. The monoisotopic (exact) mass is 331 g/mol. The summed E-state index contributed by atoms with van der Waals surface area (Å²) in [5, 5.41) is 19.1. The summed E-state index contributed by atoms with van der Waals surface area (Å²) in [6.07, 6.45) is 3.19. The number of aliphatic hydroxyl groups excluding tert-OH is 1. The van der Waals surface area contributed by atoms with Gasteiger partial charge in [0.15, 0.2) is 0 Å². The van der Waals surface area contributed by atoms with E-state index in [-0.39, 0.29) is 24.9 Å². The molecule has 1 aromatic heterocycles. The fourth-order valence-corrected chi connectivity index (χ4v) is 2.68. The molecule has 126 valence electrons. The second-order valence-electron chi connectivity index (χ2n) is 5.91. The van der Waals surface area contributed by atoms with Gasteiger partial charge in [-0.3, -0.25) is 4.79 Å². The number of hydrogen-bond acceptors (Lipinski definition) is 4. The van der Waals surface area contributed by atoms with Crippen molar-refractivity contribution in [1.29, 1.82) is 0 Å². The lowest BCUT2D eigenvalue weighted by atomic mass is 10.1. The van der Waals surface area contributed by atoms with E-state index in [9.17, 15) is 14.3 Å². The van der Waals surface area contributed by atoms with Crippen molar-refractivity contribution in [1.82, 2.24) is 4.90 Å². The quantitative estimate of drug-likeness (QED) is 0.841. The van der Waals surface area contributed by atoms with Crippen molar-refractivity contribution in [3.63, 3.8) is 0 Å². The van der Waals surface area contributed by atoms with E-state index in [2.05, 4.69) is 0 Å². The third-order valence-electron chi connectivity index (χ3n) is 4.09. The van der Waals surface area contributed by atoms with E-state index in [0.717, 1.165) is 0 Å². The molecule has 0 aliphatic carbocycles. The summed E-state index contributed by atoms with van der Waals surface area (Å²) in [4.78, 5) is 13.6. The molecule has 1 aliphatic rings. The second kappa shape index (κ2) is 6.59. The molecule has 5 nitrogen and oxygen atoms in total. The van der Waals surface area contributed by atoms with Crippen molar-refractivity contribution in [3.8, 4) is 11.3 Å². The minimum Gasteiger partial charge on any atom is -0.457 e. The van der Waals surface area contributed by atoms with Crippen LogP contribution in [-0.2, 0) is 4.79 Å². The van der Waals surface area contributed by atoms with E-state index in [1.54, 1.807) is 30.3 Å². The van der Waals surface area contributed by atoms with E-state index in [1.165, 1.54) is 23.1 Å². The average molecular weight is 331 g/mol. The largest absolute Gasteiger partial charge is 0.457 e. The van der Waals surface area contributed by atoms with Crippen LogP contribution in [0.5, 0.6) is 0 Å². The lowest BCUT2D eigenvalue weighted by Crippen LogP contribution is -2.38. The molecule has 1 fully saturated rings. The first-order chi connectivity index (χ1) is 11.5. The average Bonchev–Trinajstić information content (AvgIpc) is 3.21. The van der Waals surface area contributed by atoms with Gasteiger partial charge in [-0.2, -0.15) is 0 Å². The first kappa shape index (κ1) is 16.4. The van der Waals surface area contributed by atoms with Gasteiger partial charge in [-0.1, -0.05) is 12.1 Å². The summed E-state index contributed by atoms with van der Waals surface area (Å²) in [6.45, 7) is 0.120. The van der Waals surface area contributed by atoms with Crippen LogP contribution in [0.25, 0.3) is 17.4 Å². The van der Waals surface area contributed by atoms with Crippen molar-refractivity contribution in [2.24, 2.45) is 0 Å². The van der Waals surface area contributed by atoms with Gasteiger partial charge in [-0.05, 0) is 36.8 Å². The van der Waals surface area contributed by atoms with Crippen molar-refractivity contribution >= 4 is 12.0 Å². The fourth-order valence-electron chi connectivity index (χ4n) is 2.68. The van der Waals surface area contributed by atoms with Crippen LogP contribution >= 0.6 is 0 Å². The number of likely N-dealkylation sites (tertiary alicyclic amines) is 1. The fraction of sp³-hybridized carbons (Fsp3) is 0.278. The number of nitrogens with zero attached hydrogens (tertiary/aromatic N) is 1. The van der Waals surface area contributed by atoms with Crippen LogP contribution in [0.4, 0.5) is 4.39 Å². The highest BCUT2D eigenvalue weighted by Crippen LogP contribution is 2.25. The summed E-state index contributed by atoms with van der Waals surface area (Å²) >= 11 is 0. The molecule has 0 spiro atoms. The topological polar surface area (TPSA) is 73.9 Å². The predicted molar refractivity (Wildman–Crippen MR) is 86.4 cm³/mol. The summed E-state index contributed by atoms with van der Waals surface area (Å²) in [5.41, 5.74) is -0.859. The maximum Gasteiger partial charge on any atom is 0.246 e. The highest BCUT2D eigenvalue weighted by Gasteiger charge is 2.36. The van der Waals surface area contributed by atoms with Crippen molar-refractivity contribution in [3.05, 3.63) is 54.1 Å². The van der Waals surface area contributed by atoms with Crippen LogP contribution in [0, 0.1) is 5.82 Å². The summed E-state index contributed by atoms with van der Waals surface area (Å²) < 4.78 is 19.3. The first-order valence-corrected chi connectivity index (χ1v) is 7.66.